The molecule has 0 heterocycles. The van der Waals surface area contributed by atoms with Crippen LogP contribution in [0.25, 0.3) is 10.8 Å². The number of ketones is 1. The summed E-state index contributed by atoms with van der Waals surface area (Å²) in [5.74, 6) is 0.0557. The lowest BCUT2D eigenvalue weighted by Crippen LogP contribution is -2.01. The van der Waals surface area contributed by atoms with E-state index in [4.69, 9.17) is 0 Å². The van der Waals surface area contributed by atoms with E-state index < -0.39 is 0 Å². The van der Waals surface area contributed by atoms with Gasteiger partial charge in [0.15, 0.2) is 5.78 Å². The second kappa shape index (κ2) is 5.22. The van der Waals surface area contributed by atoms with E-state index in [-0.39, 0.29) is 5.78 Å². The molecule has 0 radical (unpaired) electrons. The summed E-state index contributed by atoms with van der Waals surface area (Å²) < 4.78 is 0.932. The van der Waals surface area contributed by atoms with Crippen molar-refractivity contribution in [2.45, 2.75) is 6.92 Å². The van der Waals surface area contributed by atoms with Crippen LogP contribution in [0.15, 0.2) is 65.1 Å². The van der Waals surface area contributed by atoms with Crippen LogP contribution in [-0.2, 0) is 0 Å². The molecule has 20 heavy (non-hydrogen) atoms. The Morgan fingerprint density at radius 1 is 0.850 bits per heavy atom. The minimum absolute atomic E-state index is 0.0557. The van der Waals surface area contributed by atoms with Crippen LogP contribution in [0.2, 0.25) is 0 Å². The predicted molar refractivity (Wildman–Crippen MR) is 86.3 cm³/mol. The molecule has 0 aromatic heterocycles. The van der Waals surface area contributed by atoms with Gasteiger partial charge >= 0.3 is 0 Å². The van der Waals surface area contributed by atoms with Crippen LogP contribution in [0.1, 0.15) is 21.5 Å². The first-order chi connectivity index (χ1) is 9.63. The molecule has 0 saturated heterocycles. The molecule has 0 unspecified atom stereocenters. The minimum Gasteiger partial charge on any atom is -0.289 e. The summed E-state index contributed by atoms with van der Waals surface area (Å²) in [5.41, 5.74) is 2.51. The van der Waals surface area contributed by atoms with Crippen LogP contribution >= 0.6 is 15.9 Å². The van der Waals surface area contributed by atoms with E-state index in [9.17, 15) is 4.79 Å². The standard InChI is InChI=1S/C18H13BrO/c1-12-8-16(11-17(19)9-12)18(20)15-7-6-13-4-2-3-5-14(13)10-15/h2-11H,1H3. The molecule has 3 rings (SSSR count). The maximum absolute atomic E-state index is 12.6. The third kappa shape index (κ3) is 2.52. The van der Waals surface area contributed by atoms with E-state index in [0.29, 0.717) is 5.56 Å². The third-order valence-corrected chi connectivity index (χ3v) is 3.77. The number of benzene rings is 3. The maximum Gasteiger partial charge on any atom is 0.193 e. The van der Waals surface area contributed by atoms with Gasteiger partial charge in [0.1, 0.15) is 0 Å². The largest absolute Gasteiger partial charge is 0.289 e. The van der Waals surface area contributed by atoms with Crippen molar-refractivity contribution in [3.05, 3.63) is 81.8 Å². The van der Waals surface area contributed by atoms with Crippen LogP contribution in [0.3, 0.4) is 0 Å². The normalized spacial score (nSPS) is 10.7. The minimum atomic E-state index is 0.0557. The van der Waals surface area contributed by atoms with Gasteiger partial charge in [-0.25, -0.2) is 0 Å². The quantitative estimate of drug-likeness (QED) is 0.596. The number of halogens is 1. The Balaban J connectivity index is 2.07. The zero-order valence-electron chi connectivity index (χ0n) is 11.1. The number of fused-ring (bicyclic) bond motifs is 1. The van der Waals surface area contributed by atoms with E-state index in [1.807, 2.05) is 67.6 Å². The molecular formula is C18H13BrO. The fourth-order valence-electron chi connectivity index (χ4n) is 2.36. The molecule has 2 heteroatoms. The molecular weight excluding hydrogens is 312 g/mol. The van der Waals surface area contributed by atoms with E-state index >= 15 is 0 Å². The van der Waals surface area contributed by atoms with Crippen LogP contribution < -0.4 is 0 Å². The number of hydrogen-bond acceptors (Lipinski definition) is 1. The van der Waals surface area contributed by atoms with Gasteiger partial charge in [-0.1, -0.05) is 52.3 Å². The first-order valence-corrected chi connectivity index (χ1v) is 7.23. The molecule has 0 aliphatic rings. The number of hydrogen-bond donors (Lipinski definition) is 0. The first kappa shape index (κ1) is 13.1. The highest BCUT2D eigenvalue weighted by Gasteiger charge is 2.10. The van der Waals surface area contributed by atoms with Gasteiger partial charge in [-0.2, -0.15) is 0 Å². The van der Waals surface area contributed by atoms with E-state index in [0.717, 1.165) is 26.4 Å². The SMILES string of the molecule is Cc1cc(Br)cc(C(=O)c2ccc3ccccc3c2)c1. The smallest absolute Gasteiger partial charge is 0.193 e. The highest BCUT2D eigenvalue weighted by molar-refractivity contribution is 9.10. The zero-order valence-corrected chi connectivity index (χ0v) is 12.6. The fourth-order valence-corrected chi connectivity index (χ4v) is 2.97. The van der Waals surface area contributed by atoms with Crippen molar-refractivity contribution in [1.29, 1.82) is 0 Å². The lowest BCUT2D eigenvalue weighted by atomic mass is 9.99. The summed E-state index contributed by atoms with van der Waals surface area (Å²) in [6, 6.07) is 19.7. The lowest BCUT2D eigenvalue weighted by Gasteiger charge is -2.05. The molecule has 3 aromatic rings. The van der Waals surface area contributed by atoms with Crippen LogP contribution in [0.5, 0.6) is 0 Å². The van der Waals surface area contributed by atoms with Gasteiger partial charge in [0.05, 0.1) is 0 Å². The average Bonchev–Trinajstić information content (AvgIpc) is 2.45. The van der Waals surface area contributed by atoms with Crippen LogP contribution in [0.4, 0.5) is 0 Å². The van der Waals surface area contributed by atoms with E-state index in [2.05, 4.69) is 15.9 Å². The highest BCUT2D eigenvalue weighted by atomic mass is 79.9. The monoisotopic (exact) mass is 324 g/mol. The Morgan fingerprint density at radius 3 is 2.35 bits per heavy atom. The van der Waals surface area contributed by atoms with Gasteiger partial charge in [0.25, 0.3) is 0 Å². The summed E-state index contributed by atoms with van der Waals surface area (Å²) in [6.07, 6.45) is 0. The Morgan fingerprint density at radius 2 is 1.60 bits per heavy atom. The van der Waals surface area contributed by atoms with Crippen molar-refractivity contribution in [3.8, 4) is 0 Å². The average molecular weight is 325 g/mol. The van der Waals surface area contributed by atoms with Crippen molar-refractivity contribution >= 4 is 32.5 Å². The Bertz CT molecular complexity index is 785. The lowest BCUT2D eigenvalue weighted by molar-refractivity contribution is 0.103. The number of carbonyl (C=O) groups excluding carboxylic acids is 1. The van der Waals surface area contributed by atoms with Crippen molar-refractivity contribution in [2.75, 3.05) is 0 Å². The van der Waals surface area contributed by atoms with Gasteiger partial charge in [-0.15, -0.1) is 0 Å². The van der Waals surface area contributed by atoms with Gasteiger partial charge in [-0.3, -0.25) is 4.79 Å². The summed E-state index contributed by atoms with van der Waals surface area (Å²) in [4.78, 5) is 12.6. The van der Waals surface area contributed by atoms with Gasteiger partial charge in [0.2, 0.25) is 0 Å². The molecule has 0 N–H and O–H groups in total. The summed E-state index contributed by atoms with van der Waals surface area (Å²) in [7, 11) is 0. The van der Waals surface area contributed by atoms with E-state index in [1.54, 1.807) is 0 Å². The third-order valence-electron chi connectivity index (χ3n) is 3.32. The second-order valence-corrected chi connectivity index (χ2v) is 5.82. The number of rotatable bonds is 2. The summed E-state index contributed by atoms with van der Waals surface area (Å²) in [5, 5.41) is 2.24. The van der Waals surface area contributed by atoms with Gasteiger partial charge < -0.3 is 0 Å². The topological polar surface area (TPSA) is 17.1 Å². The molecule has 0 spiro atoms. The molecule has 0 aliphatic carbocycles. The van der Waals surface area contributed by atoms with Crippen molar-refractivity contribution in [1.82, 2.24) is 0 Å². The molecule has 0 amide bonds. The highest BCUT2D eigenvalue weighted by Crippen LogP contribution is 2.21. The molecule has 0 aliphatic heterocycles. The van der Waals surface area contributed by atoms with Crippen molar-refractivity contribution in [2.24, 2.45) is 0 Å². The Labute approximate surface area is 126 Å². The van der Waals surface area contributed by atoms with Crippen molar-refractivity contribution in [3.63, 3.8) is 0 Å². The van der Waals surface area contributed by atoms with Gasteiger partial charge in [-0.05, 0) is 47.5 Å². The maximum atomic E-state index is 12.6. The predicted octanol–water partition coefficient (Wildman–Crippen LogP) is 5.14. The fraction of sp³-hybridized carbons (Fsp3) is 0.0556. The summed E-state index contributed by atoms with van der Waals surface area (Å²) in [6.45, 7) is 1.99. The second-order valence-electron chi connectivity index (χ2n) is 4.91. The summed E-state index contributed by atoms with van der Waals surface area (Å²) >= 11 is 3.44. The Hall–Kier alpha value is -1.93. The molecule has 3 aromatic carbocycles. The zero-order chi connectivity index (χ0) is 14.1. The molecule has 0 fully saturated rings. The van der Waals surface area contributed by atoms with Crippen LogP contribution in [-0.4, -0.2) is 5.78 Å². The van der Waals surface area contributed by atoms with Gasteiger partial charge in [0, 0.05) is 15.6 Å². The molecule has 0 saturated carbocycles. The number of aryl methyl sites for hydroxylation is 1. The molecule has 98 valence electrons. The molecule has 1 nitrogen and oxygen atoms in total. The van der Waals surface area contributed by atoms with Crippen molar-refractivity contribution < 1.29 is 4.79 Å². The van der Waals surface area contributed by atoms with Crippen LogP contribution in [0, 0.1) is 6.92 Å². The number of carbonyl (C=O) groups is 1. The molecule has 0 bridgehead atoms. The Kier molecular flexibility index (Phi) is 3.41. The van der Waals surface area contributed by atoms with E-state index in [1.165, 1.54) is 0 Å². The molecule has 0 atom stereocenters. The first-order valence-electron chi connectivity index (χ1n) is 6.44.